The number of hydrogen-bond acceptors (Lipinski definition) is 5. The average Bonchev–Trinajstić information content (AvgIpc) is 3.02. The molecule has 1 aromatic carbocycles. The third kappa shape index (κ3) is 4.65. The second-order valence-corrected chi connectivity index (χ2v) is 6.96. The Kier molecular flexibility index (Phi) is 5.46. The van der Waals surface area contributed by atoms with E-state index in [0.29, 0.717) is 25.1 Å². The Labute approximate surface area is 148 Å². The summed E-state index contributed by atoms with van der Waals surface area (Å²) in [6.07, 6.45) is 2.50. The summed E-state index contributed by atoms with van der Waals surface area (Å²) in [4.78, 5) is 26.3. The maximum atomic E-state index is 12.6. The van der Waals surface area contributed by atoms with Gasteiger partial charge in [0.05, 0.1) is 18.9 Å². The zero-order chi connectivity index (χ0) is 17.8. The molecule has 0 spiro atoms. The van der Waals surface area contributed by atoms with E-state index in [1.165, 1.54) is 0 Å². The normalized spacial score (nSPS) is 19.2. The SMILES string of the molecule is CC(C)OC(=O)C[C@H]1CCCN(C(=O)Cc2ccc3c(c2)OCO3)C1. The van der Waals surface area contributed by atoms with Gasteiger partial charge in [-0.25, -0.2) is 0 Å². The molecular weight excluding hydrogens is 322 g/mol. The second-order valence-electron chi connectivity index (χ2n) is 6.96. The van der Waals surface area contributed by atoms with Gasteiger partial charge in [-0.15, -0.1) is 0 Å². The van der Waals surface area contributed by atoms with E-state index in [0.717, 1.165) is 30.7 Å². The van der Waals surface area contributed by atoms with Crippen molar-refractivity contribution in [2.45, 2.75) is 45.6 Å². The number of rotatable bonds is 5. The number of benzene rings is 1. The fraction of sp³-hybridized carbons (Fsp3) is 0.579. The lowest BCUT2D eigenvalue weighted by Crippen LogP contribution is -2.41. The summed E-state index contributed by atoms with van der Waals surface area (Å²) in [5.41, 5.74) is 0.913. The third-order valence-electron chi connectivity index (χ3n) is 4.49. The van der Waals surface area contributed by atoms with Crippen LogP contribution in [-0.4, -0.2) is 42.8 Å². The quantitative estimate of drug-likeness (QED) is 0.766. The summed E-state index contributed by atoms with van der Waals surface area (Å²) in [7, 11) is 0. The number of carbonyl (C=O) groups is 2. The summed E-state index contributed by atoms with van der Waals surface area (Å²) in [5.74, 6) is 1.50. The van der Waals surface area contributed by atoms with E-state index >= 15 is 0 Å². The molecule has 6 nitrogen and oxygen atoms in total. The first-order valence-corrected chi connectivity index (χ1v) is 8.87. The first-order valence-electron chi connectivity index (χ1n) is 8.87. The molecule has 1 atom stereocenters. The molecule has 0 bridgehead atoms. The monoisotopic (exact) mass is 347 g/mol. The smallest absolute Gasteiger partial charge is 0.306 e. The van der Waals surface area contributed by atoms with Crippen LogP contribution >= 0.6 is 0 Å². The first kappa shape index (κ1) is 17.6. The lowest BCUT2D eigenvalue weighted by atomic mass is 9.94. The lowest BCUT2D eigenvalue weighted by Gasteiger charge is -2.32. The second kappa shape index (κ2) is 7.76. The highest BCUT2D eigenvalue weighted by Crippen LogP contribution is 2.32. The highest BCUT2D eigenvalue weighted by molar-refractivity contribution is 5.79. The van der Waals surface area contributed by atoms with Crippen molar-refractivity contribution in [3.8, 4) is 11.5 Å². The Morgan fingerprint density at radius 3 is 2.88 bits per heavy atom. The van der Waals surface area contributed by atoms with Crippen LogP contribution in [-0.2, 0) is 20.7 Å². The Bertz CT molecular complexity index is 643. The van der Waals surface area contributed by atoms with E-state index in [1.54, 1.807) is 0 Å². The van der Waals surface area contributed by atoms with Crippen molar-refractivity contribution in [3.05, 3.63) is 23.8 Å². The van der Waals surface area contributed by atoms with Gasteiger partial charge in [0.25, 0.3) is 0 Å². The van der Waals surface area contributed by atoms with Gasteiger partial charge in [0, 0.05) is 13.1 Å². The minimum absolute atomic E-state index is 0.0841. The molecule has 3 rings (SSSR count). The summed E-state index contributed by atoms with van der Waals surface area (Å²) >= 11 is 0. The van der Waals surface area contributed by atoms with Gasteiger partial charge in [0.15, 0.2) is 11.5 Å². The van der Waals surface area contributed by atoms with Crippen molar-refractivity contribution in [3.63, 3.8) is 0 Å². The minimum Gasteiger partial charge on any atom is -0.463 e. The van der Waals surface area contributed by atoms with Gasteiger partial charge in [0.2, 0.25) is 12.7 Å². The van der Waals surface area contributed by atoms with Crippen LogP contribution in [0.25, 0.3) is 0 Å². The number of piperidine rings is 1. The first-order chi connectivity index (χ1) is 12.0. The van der Waals surface area contributed by atoms with Crippen LogP contribution in [0.2, 0.25) is 0 Å². The van der Waals surface area contributed by atoms with E-state index in [4.69, 9.17) is 14.2 Å². The van der Waals surface area contributed by atoms with Gasteiger partial charge in [0.1, 0.15) is 0 Å². The van der Waals surface area contributed by atoms with E-state index < -0.39 is 0 Å². The maximum Gasteiger partial charge on any atom is 0.306 e. The van der Waals surface area contributed by atoms with Gasteiger partial charge in [-0.1, -0.05) is 6.07 Å². The highest BCUT2D eigenvalue weighted by Gasteiger charge is 2.26. The molecular formula is C19H25NO5. The van der Waals surface area contributed by atoms with Crippen molar-refractivity contribution in [1.29, 1.82) is 0 Å². The number of esters is 1. The number of likely N-dealkylation sites (tertiary alicyclic amines) is 1. The Morgan fingerprint density at radius 2 is 2.08 bits per heavy atom. The molecule has 2 aliphatic heterocycles. The standard InChI is InChI=1S/C19H25NO5/c1-13(2)25-19(22)10-15-4-3-7-20(11-15)18(21)9-14-5-6-16-17(8-14)24-12-23-16/h5-6,8,13,15H,3-4,7,9-12H2,1-2H3/t15-/m1/s1. The molecule has 0 saturated carbocycles. The largest absolute Gasteiger partial charge is 0.463 e. The molecule has 0 unspecified atom stereocenters. The number of fused-ring (bicyclic) bond motifs is 1. The summed E-state index contributed by atoms with van der Waals surface area (Å²) < 4.78 is 15.9. The van der Waals surface area contributed by atoms with Gasteiger partial charge in [-0.05, 0) is 50.3 Å². The van der Waals surface area contributed by atoms with E-state index in [-0.39, 0.29) is 30.7 Å². The number of carbonyl (C=O) groups excluding carboxylic acids is 2. The number of ether oxygens (including phenoxy) is 3. The number of amides is 1. The van der Waals surface area contributed by atoms with E-state index in [1.807, 2.05) is 36.9 Å². The molecule has 136 valence electrons. The highest BCUT2D eigenvalue weighted by atomic mass is 16.7. The van der Waals surface area contributed by atoms with Crippen molar-refractivity contribution in [2.24, 2.45) is 5.92 Å². The zero-order valence-electron chi connectivity index (χ0n) is 14.8. The van der Waals surface area contributed by atoms with Crippen LogP contribution in [0, 0.1) is 5.92 Å². The van der Waals surface area contributed by atoms with Crippen molar-refractivity contribution < 1.29 is 23.8 Å². The average molecular weight is 347 g/mol. The molecule has 2 aliphatic rings. The fourth-order valence-corrected chi connectivity index (χ4v) is 3.34. The maximum absolute atomic E-state index is 12.6. The molecule has 6 heteroatoms. The van der Waals surface area contributed by atoms with Crippen LogP contribution in [0.15, 0.2) is 18.2 Å². The Morgan fingerprint density at radius 1 is 1.28 bits per heavy atom. The molecule has 0 radical (unpaired) electrons. The van der Waals surface area contributed by atoms with Gasteiger partial charge in [-0.3, -0.25) is 9.59 Å². The predicted molar refractivity (Wildman–Crippen MR) is 91.4 cm³/mol. The van der Waals surface area contributed by atoms with E-state index in [2.05, 4.69) is 0 Å². The lowest BCUT2D eigenvalue weighted by molar-refractivity contribution is -0.149. The molecule has 0 N–H and O–H groups in total. The zero-order valence-corrected chi connectivity index (χ0v) is 14.8. The topological polar surface area (TPSA) is 65.1 Å². The molecule has 0 aliphatic carbocycles. The molecule has 2 heterocycles. The van der Waals surface area contributed by atoms with Gasteiger partial charge >= 0.3 is 5.97 Å². The third-order valence-corrected chi connectivity index (χ3v) is 4.49. The number of hydrogen-bond donors (Lipinski definition) is 0. The molecule has 1 saturated heterocycles. The summed E-state index contributed by atoms with van der Waals surface area (Å²) in [6.45, 7) is 5.29. The molecule has 25 heavy (non-hydrogen) atoms. The van der Waals surface area contributed by atoms with E-state index in [9.17, 15) is 9.59 Å². The summed E-state index contributed by atoms with van der Waals surface area (Å²) in [6, 6.07) is 5.60. The van der Waals surface area contributed by atoms with Crippen molar-refractivity contribution in [2.75, 3.05) is 19.9 Å². The minimum atomic E-state index is -0.176. The summed E-state index contributed by atoms with van der Waals surface area (Å²) in [5, 5.41) is 0. The van der Waals surface area contributed by atoms with Crippen LogP contribution in [0.1, 0.15) is 38.7 Å². The van der Waals surface area contributed by atoms with Gasteiger partial charge in [-0.2, -0.15) is 0 Å². The van der Waals surface area contributed by atoms with Crippen LogP contribution in [0.3, 0.4) is 0 Å². The van der Waals surface area contributed by atoms with Gasteiger partial charge < -0.3 is 19.1 Å². The van der Waals surface area contributed by atoms with Crippen molar-refractivity contribution in [1.82, 2.24) is 4.90 Å². The Balaban J connectivity index is 1.54. The molecule has 1 fully saturated rings. The van der Waals surface area contributed by atoms with Crippen LogP contribution in [0.4, 0.5) is 0 Å². The fourth-order valence-electron chi connectivity index (χ4n) is 3.34. The number of nitrogens with zero attached hydrogens (tertiary/aromatic N) is 1. The van der Waals surface area contributed by atoms with Crippen molar-refractivity contribution >= 4 is 11.9 Å². The molecule has 0 aromatic heterocycles. The molecule has 1 aromatic rings. The van der Waals surface area contributed by atoms with Crippen LogP contribution < -0.4 is 9.47 Å². The van der Waals surface area contributed by atoms with Crippen LogP contribution in [0.5, 0.6) is 11.5 Å². The Hall–Kier alpha value is -2.24. The predicted octanol–water partition coefficient (Wildman–Crippen LogP) is 2.54. The molecule has 1 amide bonds.